The van der Waals surface area contributed by atoms with Crippen molar-refractivity contribution in [3.05, 3.63) is 75.8 Å². The summed E-state index contributed by atoms with van der Waals surface area (Å²) in [6, 6.07) is 13.6. The van der Waals surface area contributed by atoms with Gasteiger partial charge in [0.1, 0.15) is 5.76 Å². The standard InChI is InChI=1S/C25H27ClN2O4/c1-17-7-9-18(10-8-17)23(29)21-22(19-5-2-3-6-20(19)26)28(25(31)24(21)30)12-4-11-27-13-15-32-16-14-27/h2-3,5-10,22,29H,4,11-16H2,1H3/t22-/m0/s1. The maximum absolute atomic E-state index is 13.1. The summed E-state index contributed by atoms with van der Waals surface area (Å²) in [7, 11) is 0. The fourth-order valence-corrected chi connectivity index (χ4v) is 4.53. The number of ether oxygens (including phenoxy) is 1. The van der Waals surface area contributed by atoms with Crippen molar-refractivity contribution in [2.24, 2.45) is 0 Å². The number of likely N-dealkylation sites (tertiary alicyclic amines) is 1. The van der Waals surface area contributed by atoms with E-state index in [4.69, 9.17) is 16.3 Å². The second-order valence-electron chi connectivity index (χ2n) is 8.19. The maximum atomic E-state index is 13.1. The monoisotopic (exact) mass is 454 g/mol. The lowest BCUT2D eigenvalue weighted by Gasteiger charge is -2.29. The zero-order chi connectivity index (χ0) is 22.7. The number of amides is 1. The highest BCUT2D eigenvalue weighted by Gasteiger charge is 2.46. The Labute approximate surface area is 193 Å². The van der Waals surface area contributed by atoms with Gasteiger partial charge >= 0.3 is 0 Å². The number of nitrogens with zero attached hydrogens (tertiary/aromatic N) is 2. The molecule has 32 heavy (non-hydrogen) atoms. The second kappa shape index (κ2) is 9.86. The number of hydrogen-bond acceptors (Lipinski definition) is 5. The van der Waals surface area contributed by atoms with Crippen LogP contribution in [0.15, 0.2) is 54.1 Å². The molecule has 2 saturated heterocycles. The maximum Gasteiger partial charge on any atom is 0.295 e. The van der Waals surface area contributed by atoms with Gasteiger partial charge in [-0.25, -0.2) is 0 Å². The highest BCUT2D eigenvalue weighted by molar-refractivity contribution is 6.47. The van der Waals surface area contributed by atoms with E-state index in [0.29, 0.717) is 42.3 Å². The number of ketones is 1. The molecule has 0 aromatic heterocycles. The van der Waals surface area contributed by atoms with Crippen molar-refractivity contribution >= 4 is 29.1 Å². The summed E-state index contributed by atoms with van der Waals surface area (Å²) in [5.41, 5.74) is 2.25. The first-order valence-electron chi connectivity index (χ1n) is 10.9. The minimum Gasteiger partial charge on any atom is -0.507 e. The van der Waals surface area contributed by atoms with Crippen molar-refractivity contribution in [1.82, 2.24) is 9.80 Å². The van der Waals surface area contributed by atoms with Crippen molar-refractivity contribution in [2.75, 3.05) is 39.4 Å². The Hall–Kier alpha value is -2.67. The van der Waals surface area contributed by atoms with Crippen LogP contribution in [0, 0.1) is 6.92 Å². The minimum atomic E-state index is -0.727. The third-order valence-corrected chi connectivity index (χ3v) is 6.39. The van der Waals surface area contributed by atoms with Gasteiger partial charge in [0.15, 0.2) is 0 Å². The van der Waals surface area contributed by atoms with Crippen LogP contribution in [0.4, 0.5) is 0 Å². The van der Waals surface area contributed by atoms with Gasteiger partial charge in [-0.1, -0.05) is 59.6 Å². The topological polar surface area (TPSA) is 70.1 Å². The van der Waals surface area contributed by atoms with E-state index in [1.165, 1.54) is 0 Å². The molecular formula is C25H27ClN2O4. The number of carbonyl (C=O) groups is 2. The lowest BCUT2D eigenvalue weighted by molar-refractivity contribution is -0.140. The van der Waals surface area contributed by atoms with Crippen molar-refractivity contribution in [2.45, 2.75) is 19.4 Å². The molecule has 6 nitrogen and oxygen atoms in total. The number of aliphatic hydroxyl groups excluding tert-OH is 1. The molecule has 2 heterocycles. The van der Waals surface area contributed by atoms with E-state index >= 15 is 0 Å². The number of rotatable bonds is 6. The summed E-state index contributed by atoms with van der Waals surface area (Å²) in [4.78, 5) is 29.9. The van der Waals surface area contributed by atoms with Gasteiger partial charge in [0.25, 0.3) is 11.7 Å². The van der Waals surface area contributed by atoms with Gasteiger partial charge in [-0.3, -0.25) is 14.5 Å². The van der Waals surface area contributed by atoms with E-state index in [0.717, 1.165) is 25.2 Å². The molecule has 2 aliphatic rings. The number of Topliss-reactive ketones (excluding diaryl/α,β-unsaturated/α-hetero) is 1. The van der Waals surface area contributed by atoms with Crippen LogP contribution in [0.2, 0.25) is 5.02 Å². The minimum absolute atomic E-state index is 0.0818. The summed E-state index contributed by atoms with van der Waals surface area (Å²) in [6.07, 6.45) is 0.707. The van der Waals surface area contributed by atoms with Gasteiger partial charge in [-0.15, -0.1) is 0 Å². The van der Waals surface area contributed by atoms with Gasteiger partial charge in [-0.05, 0) is 25.0 Å². The number of carbonyl (C=O) groups excluding carboxylic acids is 2. The van der Waals surface area contributed by atoms with Crippen LogP contribution >= 0.6 is 11.6 Å². The SMILES string of the molecule is Cc1ccc(C(O)=C2C(=O)C(=O)N(CCCN3CCOCC3)[C@H]2c2ccccc2Cl)cc1. The van der Waals surface area contributed by atoms with Gasteiger partial charge in [0, 0.05) is 36.8 Å². The van der Waals surface area contributed by atoms with Crippen LogP contribution in [-0.2, 0) is 14.3 Å². The Bertz CT molecular complexity index is 1030. The summed E-state index contributed by atoms with van der Waals surface area (Å²) in [6.45, 7) is 6.28. The smallest absolute Gasteiger partial charge is 0.295 e. The molecule has 7 heteroatoms. The lowest BCUT2D eigenvalue weighted by atomic mass is 9.95. The molecule has 0 spiro atoms. The molecule has 0 unspecified atom stereocenters. The molecule has 1 atom stereocenters. The third-order valence-electron chi connectivity index (χ3n) is 6.04. The number of aliphatic hydroxyl groups is 1. The fourth-order valence-electron chi connectivity index (χ4n) is 4.29. The number of aryl methyl sites for hydroxylation is 1. The van der Waals surface area contributed by atoms with E-state index in [2.05, 4.69) is 4.90 Å². The molecule has 168 valence electrons. The van der Waals surface area contributed by atoms with E-state index in [9.17, 15) is 14.7 Å². The van der Waals surface area contributed by atoms with Crippen molar-refractivity contribution in [3.63, 3.8) is 0 Å². The number of morpholine rings is 1. The van der Waals surface area contributed by atoms with E-state index in [-0.39, 0.29) is 11.3 Å². The Morgan fingerprint density at radius 3 is 2.44 bits per heavy atom. The third kappa shape index (κ3) is 4.58. The second-order valence-corrected chi connectivity index (χ2v) is 8.59. The number of benzene rings is 2. The molecule has 0 aliphatic carbocycles. The van der Waals surface area contributed by atoms with Crippen molar-refractivity contribution in [1.29, 1.82) is 0 Å². The van der Waals surface area contributed by atoms with E-state index < -0.39 is 17.7 Å². The van der Waals surface area contributed by atoms with Crippen LogP contribution in [0.1, 0.15) is 29.2 Å². The van der Waals surface area contributed by atoms with Gasteiger partial charge in [0.05, 0.1) is 24.8 Å². The van der Waals surface area contributed by atoms with Gasteiger partial charge < -0.3 is 14.7 Å². The quantitative estimate of drug-likeness (QED) is 0.408. The average molecular weight is 455 g/mol. The molecule has 2 aliphatic heterocycles. The van der Waals surface area contributed by atoms with Crippen molar-refractivity contribution < 1.29 is 19.4 Å². The average Bonchev–Trinajstić information content (AvgIpc) is 3.05. The fraction of sp³-hybridized carbons (Fsp3) is 0.360. The Morgan fingerprint density at radius 1 is 1.06 bits per heavy atom. The Morgan fingerprint density at radius 2 is 1.75 bits per heavy atom. The molecule has 0 radical (unpaired) electrons. The Kier molecular flexibility index (Phi) is 6.94. The first kappa shape index (κ1) is 22.5. The molecule has 0 bridgehead atoms. The van der Waals surface area contributed by atoms with Crippen LogP contribution < -0.4 is 0 Å². The highest BCUT2D eigenvalue weighted by Crippen LogP contribution is 2.41. The molecule has 2 aromatic carbocycles. The zero-order valence-corrected chi connectivity index (χ0v) is 18.8. The molecule has 4 rings (SSSR count). The molecule has 1 N–H and O–H groups in total. The van der Waals surface area contributed by atoms with Crippen LogP contribution in [0.5, 0.6) is 0 Å². The predicted molar refractivity (Wildman–Crippen MR) is 124 cm³/mol. The zero-order valence-electron chi connectivity index (χ0n) is 18.1. The first-order valence-corrected chi connectivity index (χ1v) is 11.2. The van der Waals surface area contributed by atoms with Crippen molar-refractivity contribution in [3.8, 4) is 0 Å². The van der Waals surface area contributed by atoms with E-state index in [1.54, 1.807) is 35.2 Å². The molecule has 1 amide bonds. The van der Waals surface area contributed by atoms with Crippen LogP contribution in [0.3, 0.4) is 0 Å². The van der Waals surface area contributed by atoms with Gasteiger partial charge in [-0.2, -0.15) is 0 Å². The van der Waals surface area contributed by atoms with Crippen LogP contribution in [0.25, 0.3) is 5.76 Å². The number of halogens is 1. The first-order chi connectivity index (χ1) is 15.5. The van der Waals surface area contributed by atoms with Gasteiger partial charge in [0.2, 0.25) is 0 Å². The highest BCUT2D eigenvalue weighted by atomic mass is 35.5. The summed E-state index contributed by atoms with van der Waals surface area (Å²) in [5, 5.41) is 11.5. The van der Waals surface area contributed by atoms with E-state index in [1.807, 2.05) is 25.1 Å². The normalized spacial score (nSPS) is 21.3. The largest absolute Gasteiger partial charge is 0.507 e. The predicted octanol–water partition coefficient (Wildman–Crippen LogP) is 3.79. The summed E-state index contributed by atoms with van der Waals surface area (Å²) >= 11 is 6.48. The lowest BCUT2D eigenvalue weighted by Crippen LogP contribution is -2.39. The molecule has 0 saturated carbocycles. The van der Waals surface area contributed by atoms with Crippen LogP contribution in [-0.4, -0.2) is 66.0 Å². The molecule has 2 fully saturated rings. The summed E-state index contributed by atoms with van der Waals surface area (Å²) in [5.74, 6) is -1.46. The summed E-state index contributed by atoms with van der Waals surface area (Å²) < 4.78 is 5.39. The molecular weight excluding hydrogens is 428 g/mol. The Balaban J connectivity index is 1.68. The number of hydrogen-bond donors (Lipinski definition) is 1. The molecule has 2 aromatic rings.